The molecule has 0 heterocycles. The van der Waals surface area contributed by atoms with Crippen LogP contribution in [0.3, 0.4) is 0 Å². The third-order valence-electron chi connectivity index (χ3n) is 3.80. The number of methoxy groups -OCH3 is 2. The molecule has 2 rings (SSSR count). The van der Waals surface area contributed by atoms with Crippen LogP contribution in [-0.2, 0) is 10.3 Å². The maximum absolute atomic E-state index is 12.3. The highest BCUT2D eigenvalue weighted by Crippen LogP contribution is 2.26. The summed E-state index contributed by atoms with van der Waals surface area (Å²) in [4.78, 5) is 12.3. The highest BCUT2D eigenvalue weighted by Gasteiger charge is 2.27. The second kappa shape index (κ2) is 7.49. The molecular formula is C18H20ClNO3. The van der Waals surface area contributed by atoms with Gasteiger partial charge in [-0.1, -0.05) is 29.8 Å². The Morgan fingerprint density at radius 1 is 1.17 bits per heavy atom. The number of hydrogen-bond donors (Lipinski definition) is 1. The third kappa shape index (κ3) is 4.24. The van der Waals surface area contributed by atoms with Crippen molar-refractivity contribution in [2.75, 3.05) is 20.8 Å². The predicted octanol–water partition coefficient (Wildman–Crippen LogP) is 3.64. The number of rotatable bonds is 6. The predicted molar refractivity (Wildman–Crippen MR) is 91.1 cm³/mol. The lowest BCUT2D eigenvalue weighted by Gasteiger charge is -2.29. The largest absolute Gasteiger partial charge is 0.497 e. The van der Waals surface area contributed by atoms with E-state index in [1.165, 1.54) is 0 Å². The van der Waals surface area contributed by atoms with Crippen LogP contribution in [0.5, 0.6) is 5.75 Å². The van der Waals surface area contributed by atoms with Crippen molar-refractivity contribution in [3.8, 4) is 5.75 Å². The Bertz CT molecular complexity index is 689. The molecule has 2 aromatic carbocycles. The molecule has 0 aliphatic heterocycles. The Labute approximate surface area is 141 Å². The van der Waals surface area contributed by atoms with E-state index in [0.717, 1.165) is 5.56 Å². The Morgan fingerprint density at radius 2 is 1.91 bits per heavy atom. The fraction of sp³-hybridized carbons (Fsp3) is 0.278. The number of benzene rings is 2. The van der Waals surface area contributed by atoms with Crippen LogP contribution in [0, 0.1) is 0 Å². The molecule has 122 valence electrons. The van der Waals surface area contributed by atoms with Gasteiger partial charge in [-0.05, 0) is 42.8 Å². The summed E-state index contributed by atoms with van der Waals surface area (Å²) in [6.45, 7) is 2.23. The Kier molecular flexibility index (Phi) is 5.64. The normalized spacial score (nSPS) is 13.2. The molecule has 0 aliphatic rings. The maximum atomic E-state index is 12.3. The Balaban J connectivity index is 2.11. The summed E-state index contributed by atoms with van der Waals surface area (Å²) >= 11 is 6.04. The van der Waals surface area contributed by atoms with E-state index in [2.05, 4.69) is 5.32 Å². The van der Waals surface area contributed by atoms with Crippen molar-refractivity contribution in [3.63, 3.8) is 0 Å². The highest BCUT2D eigenvalue weighted by molar-refractivity contribution is 6.30. The molecule has 0 saturated heterocycles. The van der Waals surface area contributed by atoms with Gasteiger partial charge < -0.3 is 14.8 Å². The zero-order chi connectivity index (χ0) is 16.9. The molecule has 0 saturated carbocycles. The molecular weight excluding hydrogens is 314 g/mol. The quantitative estimate of drug-likeness (QED) is 0.878. The van der Waals surface area contributed by atoms with Crippen molar-refractivity contribution in [3.05, 3.63) is 64.7 Å². The van der Waals surface area contributed by atoms with Crippen molar-refractivity contribution < 1.29 is 14.3 Å². The number of carbonyl (C=O) groups is 1. The summed E-state index contributed by atoms with van der Waals surface area (Å²) in [6, 6.07) is 14.4. The van der Waals surface area contributed by atoms with Gasteiger partial charge in [-0.25, -0.2) is 0 Å². The van der Waals surface area contributed by atoms with E-state index in [0.29, 0.717) is 22.9 Å². The summed E-state index contributed by atoms with van der Waals surface area (Å²) in [6.07, 6.45) is 0. The van der Waals surface area contributed by atoms with Crippen LogP contribution in [0.2, 0.25) is 5.02 Å². The Morgan fingerprint density at radius 3 is 2.57 bits per heavy atom. The topological polar surface area (TPSA) is 47.6 Å². The average molecular weight is 334 g/mol. The SMILES string of the molecule is COc1cccc(C(=O)NCC(C)(OC)c2cccc(Cl)c2)c1. The van der Waals surface area contributed by atoms with Gasteiger partial charge in [0.1, 0.15) is 11.4 Å². The molecule has 0 fully saturated rings. The second-order valence-corrected chi connectivity index (χ2v) is 5.80. The van der Waals surface area contributed by atoms with Crippen LogP contribution >= 0.6 is 11.6 Å². The summed E-state index contributed by atoms with van der Waals surface area (Å²) in [5.41, 5.74) is 0.770. The molecule has 0 aliphatic carbocycles. The van der Waals surface area contributed by atoms with Gasteiger partial charge in [-0.3, -0.25) is 4.79 Å². The van der Waals surface area contributed by atoms with E-state index in [-0.39, 0.29) is 5.91 Å². The number of nitrogens with one attached hydrogen (secondary N) is 1. The van der Waals surface area contributed by atoms with Crippen molar-refractivity contribution in [1.29, 1.82) is 0 Å². The molecule has 1 amide bonds. The van der Waals surface area contributed by atoms with E-state index >= 15 is 0 Å². The molecule has 2 aromatic rings. The first-order valence-corrected chi connectivity index (χ1v) is 7.60. The van der Waals surface area contributed by atoms with Crippen molar-refractivity contribution >= 4 is 17.5 Å². The van der Waals surface area contributed by atoms with Gasteiger partial charge in [0.25, 0.3) is 5.91 Å². The standard InChI is InChI=1S/C18H20ClNO3/c1-18(23-3,14-7-5-8-15(19)11-14)12-20-17(21)13-6-4-9-16(10-13)22-2/h4-11H,12H2,1-3H3,(H,20,21). The smallest absolute Gasteiger partial charge is 0.251 e. The molecule has 0 bridgehead atoms. The first-order chi connectivity index (χ1) is 11.0. The van der Waals surface area contributed by atoms with Gasteiger partial charge in [0.15, 0.2) is 0 Å². The summed E-state index contributed by atoms with van der Waals surface area (Å²) in [5.74, 6) is 0.455. The molecule has 4 nitrogen and oxygen atoms in total. The number of hydrogen-bond acceptors (Lipinski definition) is 3. The number of carbonyl (C=O) groups excluding carboxylic acids is 1. The summed E-state index contributed by atoms with van der Waals surface area (Å²) in [5, 5.41) is 3.53. The fourth-order valence-corrected chi connectivity index (χ4v) is 2.42. The van der Waals surface area contributed by atoms with E-state index < -0.39 is 5.60 Å². The lowest BCUT2D eigenvalue weighted by atomic mass is 9.95. The van der Waals surface area contributed by atoms with Gasteiger partial charge in [0.05, 0.1) is 13.7 Å². The van der Waals surface area contributed by atoms with Crippen LogP contribution in [0.25, 0.3) is 0 Å². The average Bonchev–Trinajstić information content (AvgIpc) is 2.59. The summed E-state index contributed by atoms with van der Waals surface area (Å²) in [7, 11) is 3.18. The van der Waals surface area contributed by atoms with E-state index in [1.54, 1.807) is 44.6 Å². The third-order valence-corrected chi connectivity index (χ3v) is 4.04. The molecule has 0 spiro atoms. The molecule has 23 heavy (non-hydrogen) atoms. The van der Waals surface area contributed by atoms with Gasteiger partial charge in [0.2, 0.25) is 0 Å². The van der Waals surface area contributed by atoms with E-state index in [9.17, 15) is 4.79 Å². The van der Waals surface area contributed by atoms with Gasteiger partial charge in [-0.2, -0.15) is 0 Å². The first kappa shape index (κ1) is 17.3. The lowest BCUT2D eigenvalue weighted by molar-refractivity contribution is 0.00315. The molecule has 1 N–H and O–H groups in total. The zero-order valence-corrected chi connectivity index (χ0v) is 14.2. The molecule has 1 atom stereocenters. The zero-order valence-electron chi connectivity index (χ0n) is 13.4. The van der Waals surface area contributed by atoms with Crippen LogP contribution in [0.15, 0.2) is 48.5 Å². The molecule has 0 radical (unpaired) electrons. The first-order valence-electron chi connectivity index (χ1n) is 7.22. The minimum Gasteiger partial charge on any atom is -0.497 e. The number of halogens is 1. The lowest BCUT2D eigenvalue weighted by Crippen LogP contribution is -2.40. The van der Waals surface area contributed by atoms with Crippen molar-refractivity contribution in [2.45, 2.75) is 12.5 Å². The Hall–Kier alpha value is -2.04. The monoisotopic (exact) mass is 333 g/mol. The maximum Gasteiger partial charge on any atom is 0.251 e. The molecule has 1 unspecified atom stereocenters. The van der Waals surface area contributed by atoms with Gasteiger partial charge in [0, 0.05) is 17.7 Å². The van der Waals surface area contributed by atoms with Crippen molar-refractivity contribution in [2.24, 2.45) is 0 Å². The second-order valence-electron chi connectivity index (χ2n) is 5.36. The van der Waals surface area contributed by atoms with Gasteiger partial charge in [-0.15, -0.1) is 0 Å². The number of ether oxygens (including phenoxy) is 2. The number of amides is 1. The molecule has 0 aromatic heterocycles. The van der Waals surface area contributed by atoms with Crippen LogP contribution in [0.4, 0.5) is 0 Å². The van der Waals surface area contributed by atoms with Crippen LogP contribution in [-0.4, -0.2) is 26.7 Å². The van der Waals surface area contributed by atoms with Crippen LogP contribution < -0.4 is 10.1 Å². The van der Waals surface area contributed by atoms with E-state index in [1.807, 2.05) is 25.1 Å². The minimum atomic E-state index is -0.667. The van der Waals surface area contributed by atoms with Gasteiger partial charge >= 0.3 is 0 Å². The minimum absolute atomic E-state index is 0.186. The highest BCUT2D eigenvalue weighted by atomic mass is 35.5. The molecule has 5 heteroatoms. The fourth-order valence-electron chi connectivity index (χ4n) is 2.22. The summed E-state index contributed by atoms with van der Waals surface area (Å²) < 4.78 is 10.7. The van der Waals surface area contributed by atoms with E-state index in [4.69, 9.17) is 21.1 Å². The van der Waals surface area contributed by atoms with Crippen molar-refractivity contribution in [1.82, 2.24) is 5.32 Å². The van der Waals surface area contributed by atoms with Crippen LogP contribution in [0.1, 0.15) is 22.8 Å².